The van der Waals surface area contributed by atoms with Crippen LogP contribution in [0.3, 0.4) is 0 Å². The lowest BCUT2D eigenvalue weighted by Crippen LogP contribution is -2.46. The van der Waals surface area contributed by atoms with Crippen LogP contribution in [0.2, 0.25) is 0 Å². The van der Waals surface area contributed by atoms with Gasteiger partial charge in [0.2, 0.25) is 0 Å². The van der Waals surface area contributed by atoms with E-state index in [4.69, 9.17) is 9.47 Å². The number of halogens is 1. The van der Waals surface area contributed by atoms with Gasteiger partial charge in [-0.15, -0.1) is 0 Å². The average molecular weight is 358 g/mol. The summed E-state index contributed by atoms with van der Waals surface area (Å²) in [4.78, 5) is 23.6. The van der Waals surface area contributed by atoms with E-state index < -0.39 is 23.7 Å². The molecule has 0 radical (unpaired) electrons. The molecule has 136 valence electrons. The molecule has 2 aromatic rings. The molecule has 0 aliphatic rings. The maximum Gasteiger partial charge on any atom is 0.279 e. The van der Waals surface area contributed by atoms with Gasteiger partial charge >= 0.3 is 0 Å². The number of rotatable bonds is 6. The van der Waals surface area contributed by atoms with E-state index >= 15 is 0 Å². The van der Waals surface area contributed by atoms with Gasteiger partial charge < -0.3 is 9.47 Å². The molecule has 6 nitrogen and oxygen atoms in total. The van der Waals surface area contributed by atoms with Gasteiger partial charge in [-0.2, -0.15) is 0 Å². The molecule has 0 aromatic heterocycles. The molecule has 1 atom stereocenters. The van der Waals surface area contributed by atoms with Crippen molar-refractivity contribution in [3.8, 4) is 11.5 Å². The van der Waals surface area contributed by atoms with Crippen molar-refractivity contribution in [1.82, 2.24) is 10.9 Å². The van der Waals surface area contributed by atoms with Gasteiger partial charge in [-0.3, -0.25) is 20.4 Å². The quantitative estimate of drug-likeness (QED) is 0.614. The number of carbonyl (C=O) groups excluding carboxylic acids is 2. The van der Waals surface area contributed by atoms with E-state index in [1.54, 1.807) is 43.5 Å². The summed E-state index contributed by atoms with van der Waals surface area (Å²) in [6.45, 7) is 1.45. The molecule has 2 aromatic carbocycles. The number of nitrogens with one attached hydrogen (secondary N) is 2. The van der Waals surface area contributed by atoms with Crippen molar-refractivity contribution < 1.29 is 23.5 Å². The molecular weight excluding hydrogens is 339 g/mol. The SMILES string of the molecule is COc1ccc(/C=C/C(=O)NNC(=O)[C@H](C)Oc2ccccc2F)cc1. The van der Waals surface area contributed by atoms with Crippen LogP contribution < -0.4 is 20.3 Å². The van der Waals surface area contributed by atoms with Crippen molar-refractivity contribution in [2.45, 2.75) is 13.0 Å². The van der Waals surface area contributed by atoms with Gasteiger partial charge in [0.05, 0.1) is 7.11 Å². The first-order chi connectivity index (χ1) is 12.5. The van der Waals surface area contributed by atoms with Gasteiger partial charge in [-0.1, -0.05) is 24.3 Å². The Bertz CT molecular complexity index is 790. The van der Waals surface area contributed by atoms with Crippen molar-refractivity contribution in [2.24, 2.45) is 0 Å². The fourth-order valence-electron chi connectivity index (χ4n) is 1.94. The Morgan fingerprint density at radius 1 is 1.08 bits per heavy atom. The molecule has 0 spiro atoms. The van der Waals surface area contributed by atoms with Crippen LogP contribution in [0.4, 0.5) is 4.39 Å². The molecule has 0 unspecified atom stereocenters. The summed E-state index contributed by atoms with van der Waals surface area (Å²) < 4.78 is 23.8. The molecule has 7 heteroatoms. The minimum atomic E-state index is -0.988. The highest BCUT2D eigenvalue weighted by atomic mass is 19.1. The number of hydrogen-bond donors (Lipinski definition) is 2. The first-order valence-corrected chi connectivity index (χ1v) is 7.82. The van der Waals surface area contributed by atoms with E-state index in [2.05, 4.69) is 10.9 Å². The average Bonchev–Trinajstić information content (AvgIpc) is 2.66. The number of benzene rings is 2. The molecule has 0 saturated carbocycles. The van der Waals surface area contributed by atoms with Crippen LogP contribution >= 0.6 is 0 Å². The fraction of sp³-hybridized carbons (Fsp3) is 0.158. The topological polar surface area (TPSA) is 76.7 Å². The minimum absolute atomic E-state index is 0.0409. The van der Waals surface area contributed by atoms with Gasteiger partial charge in [0.1, 0.15) is 5.75 Å². The molecule has 26 heavy (non-hydrogen) atoms. The van der Waals surface area contributed by atoms with Gasteiger partial charge in [0, 0.05) is 6.08 Å². The molecular formula is C19H19FN2O4. The Morgan fingerprint density at radius 3 is 2.42 bits per heavy atom. The van der Waals surface area contributed by atoms with Crippen molar-refractivity contribution >= 4 is 17.9 Å². The van der Waals surface area contributed by atoms with Crippen molar-refractivity contribution in [2.75, 3.05) is 7.11 Å². The third-order valence-corrected chi connectivity index (χ3v) is 3.36. The highest BCUT2D eigenvalue weighted by molar-refractivity contribution is 5.93. The Morgan fingerprint density at radius 2 is 1.77 bits per heavy atom. The zero-order chi connectivity index (χ0) is 18.9. The maximum absolute atomic E-state index is 13.5. The summed E-state index contributed by atoms with van der Waals surface area (Å²) in [5.41, 5.74) is 5.25. The minimum Gasteiger partial charge on any atom is -0.497 e. The first kappa shape index (κ1) is 19.0. The van der Waals surface area contributed by atoms with Crippen LogP contribution in [0.5, 0.6) is 11.5 Å². The van der Waals surface area contributed by atoms with E-state index in [9.17, 15) is 14.0 Å². The maximum atomic E-state index is 13.5. The largest absolute Gasteiger partial charge is 0.497 e. The molecule has 0 aliphatic heterocycles. The second kappa shape index (κ2) is 9.22. The smallest absolute Gasteiger partial charge is 0.279 e. The molecule has 0 bridgehead atoms. The number of hydrogen-bond acceptors (Lipinski definition) is 4. The molecule has 0 saturated heterocycles. The molecule has 0 heterocycles. The summed E-state index contributed by atoms with van der Waals surface area (Å²) >= 11 is 0. The van der Waals surface area contributed by atoms with Gasteiger partial charge in [0.15, 0.2) is 17.7 Å². The molecule has 2 rings (SSSR count). The number of hydrazine groups is 1. The number of amides is 2. The molecule has 0 aliphatic carbocycles. The van der Waals surface area contributed by atoms with E-state index in [1.807, 2.05) is 0 Å². The monoisotopic (exact) mass is 358 g/mol. The van der Waals surface area contributed by atoms with E-state index in [-0.39, 0.29) is 5.75 Å². The first-order valence-electron chi connectivity index (χ1n) is 7.82. The van der Waals surface area contributed by atoms with Crippen LogP contribution in [0.15, 0.2) is 54.6 Å². The van der Waals surface area contributed by atoms with Crippen molar-refractivity contribution in [1.29, 1.82) is 0 Å². The Hall–Kier alpha value is -3.35. The zero-order valence-electron chi connectivity index (χ0n) is 14.4. The van der Waals surface area contributed by atoms with E-state index in [0.29, 0.717) is 5.75 Å². The van der Waals surface area contributed by atoms with Crippen LogP contribution in [0.1, 0.15) is 12.5 Å². The van der Waals surface area contributed by atoms with Gasteiger partial charge in [-0.05, 0) is 42.8 Å². The van der Waals surface area contributed by atoms with Crippen molar-refractivity contribution in [3.63, 3.8) is 0 Å². The predicted octanol–water partition coefficient (Wildman–Crippen LogP) is 2.46. The van der Waals surface area contributed by atoms with Gasteiger partial charge in [0.25, 0.3) is 11.8 Å². The standard InChI is InChI=1S/C19H19FN2O4/c1-13(26-17-6-4-3-5-16(17)20)19(24)22-21-18(23)12-9-14-7-10-15(25-2)11-8-14/h3-13H,1-2H3,(H,21,23)(H,22,24)/b12-9+/t13-/m0/s1. The predicted molar refractivity (Wildman–Crippen MR) is 94.8 cm³/mol. The lowest BCUT2D eigenvalue weighted by atomic mass is 10.2. The second-order valence-corrected chi connectivity index (χ2v) is 5.28. The summed E-state index contributed by atoms with van der Waals surface area (Å²) in [6.07, 6.45) is 1.86. The highest BCUT2D eigenvalue weighted by Crippen LogP contribution is 2.17. The Balaban J connectivity index is 1.81. The van der Waals surface area contributed by atoms with Crippen LogP contribution in [0.25, 0.3) is 6.08 Å². The molecule has 0 fully saturated rings. The number of carbonyl (C=O) groups is 2. The van der Waals surface area contributed by atoms with E-state index in [0.717, 1.165) is 5.56 Å². The lowest BCUT2D eigenvalue weighted by Gasteiger charge is -2.15. The second-order valence-electron chi connectivity index (χ2n) is 5.28. The van der Waals surface area contributed by atoms with Crippen LogP contribution in [0, 0.1) is 5.82 Å². The molecule has 2 amide bonds. The number of para-hydroxylation sites is 1. The summed E-state index contributed by atoms with van der Waals surface area (Å²) in [7, 11) is 1.57. The summed E-state index contributed by atoms with van der Waals surface area (Å²) in [6, 6.07) is 12.8. The summed E-state index contributed by atoms with van der Waals surface area (Å²) in [5.74, 6) is -1.03. The third-order valence-electron chi connectivity index (χ3n) is 3.36. The highest BCUT2D eigenvalue weighted by Gasteiger charge is 2.16. The number of methoxy groups -OCH3 is 1. The van der Waals surface area contributed by atoms with Gasteiger partial charge in [-0.25, -0.2) is 4.39 Å². The van der Waals surface area contributed by atoms with Crippen LogP contribution in [-0.4, -0.2) is 25.0 Å². The molecule has 2 N–H and O–H groups in total. The normalized spacial score (nSPS) is 11.7. The van der Waals surface area contributed by atoms with Crippen molar-refractivity contribution in [3.05, 3.63) is 66.0 Å². The fourth-order valence-corrected chi connectivity index (χ4v) is 1.94. The number of ether oxygens (including phenoxy) is 2. The summed E-state index contributed by atoms with van der Waals surface area (Å²) in [5, 5.41) is 0. The zero-order valence-corrected chi connectivity index (χ0v) is 14.4. The Labute approximate surface area is 150 Å². The lowest BCUT2D eigenvalue weighted by molar-refractivity contribution is -0.131. The Kier molecular flexibility index (Phi) is 6.73. The van der Waals surface area contributed by atoms with E-state index in [1.165, 1.54) is 31.2 Å². The van der Waals surface area contributed by atoms with Crippen LogP contribution in [-0.2, 0) is 9.59 Å². The third kappa shape index (κ3) is 5.62.